The zero-order valence-electron chi connectivity index (χ0n) is 11.4. The van der Waals surface area contributed by atoms with Gasteiger partial charge in [0, 0.05) is 11.5 Å². The van der Waals surface area contributed by atoms with Crippen molar-refractivity contribution in [2.45, 2.75) is 30.1 Å². The van der Waals surface area contributed by atoms with Crippen LogP contribution >= 0.6 is 11.8 Å². The second-order valence-corrected chi connectivity index (χ2v) is 5.83. The lowest BCUT2D eigenvalue weighted by Crippen LogP contribution is -2.65. The molecule has 1 heterocycles. The standard InChI is InChI=1S/C12H21NO7S/c1-2-3-21-5-7(11(17)18)13-6-12(19)10(16)9(15)8(14)4-20-12/h2,7-10,13-16,19H,1,3-6H2,(H,17,18). The average molecular weight is 323 g/mol. The Hall–Kier alpha value is -0.680. The zero-order chi connectivity index (χ0) is 16.0. The van der Waals surface area contributed by atoms with E-state index in [0.717, 1.165) is 0 Å². The third-order valence-corrected chi connectivity index (χ3v) is 4.14. The van der Waals surface area contributed by atoms with Crippen molar-refractivity contribution in [2.75, 3.05) is 24.7 Å². The monoisotopic (exact) mass is 323 g/mol. The largest absolute Gasteiger partial charge is 0.480 e. The first kappa shape index (κ1) is 18.4. The molecule has 1 fully saturated rings. The van der Waals surface area contributed by atoms with Crippen molar-refractivity contribution in [1.29, 1.82) is 0 Å². The molecule has 1 aliphatic heterocycles. The summed E-state index contributed by atoms with van der Waals surface area (Å²) in [6, 6.07) is -0.959. The van der Waals surface area contributed by atoms with Gasteiger partial charge in [0.2, 0.25) is 5.79 Å². The average Bonchev–Trinajstić information content (AvgIpc) is 2.45. The Kier molecular flexibility index (Phi) is 7.07. The van der Waals surface area contributed by atoms with Crippen molar-refractivity contribution in [3.05, 3.63) is 12.7 Å². The van der Waals surface area contributed by atoms with E-state index in [1.54, 1.807) is 6.08 Å². The third kappa shape index (κ3) is 4.92. The number of aliphatic carboxylic acids is 1. The maximum absolute atomic E-state index is 11.1. The van der Waals surface area contributed by atoms with E-state index in [1.165, 1.54) is 11.8 Å². The number of rotatable bonds is 8. The number of aliphatic hydroxyl groups is 4. The quantitative estimate of drug-likeness (QED) is 0.216. The molecule has 0 saturated carbocycles. The highest BCUT2D eigenvalue weighted by Gasteiger charge is 2.48. The molecule has 5 unspecified atom stereocenters. The SMILES string of the molecule is C=CCSCC(NCC1(O)OCC(O)C(O)C1O)C(=O)O. The fourth-order valence-electron chi connectivity index (χ4n) is 1.80. The minimum Gasteiger partial charge on any atom is -0.480 e. The van der Waals surface area contributed by atoms with Crippen LogP contribution in [-0.4, -0.2) is 86.3 Å². The lowest BCUT2D eigenvalue weighted by atomic mass is 9.96. The summed E-state index contributed by atoms with van der Waals surface area (Å²) in [5, 5.41) is 50.3. The first-order chi connectivity index (χ1) is 9.81. The van der Waals surface area contributed by atoms with Crippen LogP contribution in [-0.2, 0) is 9.53 Å². The predicted molar refractivity (Wildman–Crippen MR) is 75.9 cm³/mol. The summed E-state index contributed by atoms with van der Waals surface area (Å²) in [6.07, 6.45) is -2.98. The van der Waals surface area contributed by atoms with Crippen LogP contribution in [0.5, 0.6) is 0 Å². The Morgan fingerprint density at radius 3 is 2.76 bits per heavy atom. The molecule has 0 spiro atoms. The van der Waals surface area contributed by atoms with Crippen LogP contribution in [0.25, 0.3) is 0 Å². The van der Waals surface area contributed by atoms with E-state index in [-0.39, 0.29) is 12.4 Å². The van der Waals surface area contributed by atoms with Gasteiger partial charge in [-0.2, -0.15) is 11.8 Å². The minimum absolute atomic E-state index is 0.235. The molecule has 0 radical (unpaired) electrons. The molecule has 0 aromatic rings. The van der Waals surface area contributed by atoms with Crippen molar-refractivity contribution in [3.63, 3.8) is 0 Å². The first-order valence-electron chi connectivity index (χ1n) is 6.37. The lowest BCUT2D eigenvalue weighted by molar-refractivity contribution is -0.318. The highest BCUT2D eigenvalue weighted by Crippen LogP contribution is 2.23. The number of hydrogen-bond acceptors (Lipinski definition) is 8. The van der Waals surface area contributed by atoms with Crippen molar-refractivity contribution in [1.82, 2.24) is 5.32 Å². The molecule has 21 heavy (non-hydrogen) atoms. The van der Waals surface area contributed by atoms with Crippen LogP contribution in [0.15, 0.2) is 12.7 Å². The molecular formula is C12H21NO7S. The molecule has 122 valence electrons. The maximum Gasteiger partial charge on any atom is 0.321 e. The zero-order valence-corrected chi connectivity index (χ0v) is 12.2. The van der Waals surface area contributed by atoms with Crippen molar-refractivity contribution in [2.24, 2.45) is 0 Å². The van der Waals surface area contributed by atoms with Crippen molar-refractivity contribution in [3.8, 4) is 0 Å². The first-order valence-corrected chi connectivity index (χ1v) is 7.52. The summed E-state index contributed by atoms with van der Waals surface area (Å²) in [5.41, 5.74) is 0. The smallest absolute Gasteiger partial charge is 0.321 e. The van der Waals surface area contributed by atoms with Gasteiger partial charge in [-0.15, -0.1) is 6.58 Å². The van der Waals surface area contributed by atoms with Gasteiger partial charge in [0.25, 0.3) is 0 Å². The summed E-state index contributed by atoms with van der Waals surface area (Å²) in [6.45, 7) is 2.76. The van der Waals surface area contributed by atoms with E-state index in [4.69, 9.17) is 9.84 Å². The van der Waals surface area contributed by atoms with Crippen LogP contribution in [0.4, 0.5) is 0 Å². The molecule has 1 rings (SSSR count). The minimum atomic E-state index is -2.16. The van der Waals surface area contributed by atoms with Gasteiger partial charge in [-0.1, -0.05) is 6.08 Å². The maximum atomic E-state index is 11.1. The van der Waals surface area contributed by atoms with Crippen LogP contribution < -0.4 is 5.32 Å². The van der Waals surface area contributed by atoms with Crippen molar-refractivity contribution < 1.29 is 35.1 Å². The van der Waals surface area contributed by atoms with E-state index < -0.39 is 42.7 Å². The molecule has 1 saturated heterocycles. The van der Waals surface area contributed by atoms with Gasteiger partial charge in [0.1, 0.15) is 24.4 Å². The lowest BCUT2D eigenvalue weighted by Gasteiger charge is -2.42. The van der Waals surface area contributed by atoms with Crippen LogP contribution in [0, 0.1) is 0 Å². The molecule has 0 aliphatic carbocycles. The number of carboxylic acids is 1. The summed E-state index contributed by atoms with van der Waals surface area (Å²) in [4.78, 5) is 11.1. The highest BCUT2D eigenvalue weighted by atomic mass is 32.2. The number of carboxylic acid groups (broad SMARTS) is 1. The van der Waals surface area contributed by atoms with E-state index in [1.807, 2.05) is 0 Å². The van der Waals surface area contributed by atoms with Gasteiger partial charge in [0.05, 0.1) is 13.2 Å². The van der Waals surface area contributed by atoms with Gasteiger partial charge in [-0.05, 0) is 0 Å². The molecule has 9 heteroatoms. The predicted octanol–water partition coefficient (Wildman–Crippen LogP) is -2.25. The number of thioether (sulfide) groups is 1. The van der Waals surface area contributed by atoms with Gasteiger partial charge in [-0.25, -0.2) is 0 Å². The molecule has 5 atom stereocenters. The molecule has 6 N–H and O–H groups in total. The molecule has 0 aromatic carbocycles. The Balaban J connectivity index is 2.57. The number of aliphatic hydroxyl groups excluding tert-OH is 3. The van der Waals surface area contributed by atoms with Gasteiger partial charge >= 0.3 is 5.97 Å². The van der Waals surface area contributed by atoms with Crippen LogP contribution in [0.2, 0.25) is 0 Å². The van der Waals surface area contributed by atoms with Crippen LogP contribution in [0.1, 0.15) is 0 Å². The molecule has 0 amide bonds. The number of carbonyl (C=O) groups is 1. The van der Waals surface area contributed by atoms with Gasteiger partial charge in [0.15, 0.2) is 0 Å². The van der Waals surface area contributed by atoms with Gasteiger partial charge in [-0.3, -0.25) is 10.1 Å². The Labute approximate surface area is 126 Å². The number of ether oxygens (including phenoxy) is 1. The van der Waals surface area contributed by atoms with Crippen LogP contribution in [0.3, 0.4) is 0 Å². The third-order valence-electron chi connectivity index (χ3n) is 3.10. The Bertz CT molecular complexity index is 370. The second-order valence-electron chi connectivity index (χ2n) is 4.76. The second kappa shape index (κ2) is 8.08. The summed E-state index contributed by atoms with van der Waals surface area (Å²) in [5.74, 6) is -2.45. The number of hydrogen-bond donors (Lipinski definition) is 6. The Morgan fingerprint density at radius 1 is 1.52 bits per heavy atom. The molecular weight excluding hydrogens is 302 g/mol. The highest BCUT2D eigenvalue weighted by molar-refractivity contribution is 7.99. The van der Waals surface area contributed by atoms with E-state index in [0.29, 0.717) is 5.75 Å². The summed E-state index contributed by atoms with van der Waals surface area (Å²) < 4.78 is 4.93. The molecule has 0 aromatic heterocycles. The Morgan fingerprint density at radius 2 is 2.19 bits per heavy atom. The normalized spacial score (nSPS) is 34.4. The van der Waals surface area contributed by atoms with Gasteiger partial charge < -0.3 is 30.3 Å². The topological polar surface area (TPSA) is 139 Å². The fraction of sp³-hybridized carbons (Fsp3) is 0.750. The summed E-state index contributed by atoms with van der Waals surface area (Å²) in [7, 11) is 0. The molecule has 0 bridgehead atoms. The fourth-order valence-corrected chi connectivity index (χ4v) is 2.60. The van der Waals surface area contributed by atoms with E-state index in [9.17, 15) is 25.2 Å². The number of nitrogens with one attached hydrogen (secondary N) is 1. The van der Waals surface area contributed by atoms with E-state index >= 15 is 0 Å². The van der Waals surface area contributed by atoms with Crippen molar-refractivity contribution >= 4 is 17.7 Å². The molecule has 1 aliphatic rings. The summed E-state index contributed by atoms with van der Waals surface area (Å²) >= 11 is 1.34. The van der Waals surface area contributed by atoms with E-state index in [2.05, 4.69) is 11.9 Å². The molecule has 8 nitrogen and oxygen atoms in total.